The van der Waals surface area contributed by atoms with Crippen LogP contribution in [0.3, 0.4) is 0 Å². The molecule has 1 amide bonds. The van der Waals surface area contributed by atoms with Gasteiger partial charge in [-0.15, -0.1) is 0 Å². The molecular formula is C22H23N3O4. The molecule has 4 rings (SSSR count). The Morgan fingerprint density at radius 3 is 2.83 bits per heavy atom. The summed E-state index contributed by atoms with van der Waals surface area (Å²) in [6, 6.07) is 13.9. The third-order valence-electron chi connectivity index (χ3n) is 4.90. The Labute approximate surface area is 169 Å². The van der Waals surface area contributed by atoms with Gasteiger partial charge in [0.15, 0.2) is 6.61 Å². The fourth-order valence-corrected chi connectivity index (χ4v) is 3.41. The minimum atomic E-state index is -0.130. The van der Waals surface area contributed by atoms with E-state index in [0.717, 1.165) is 23.6 Å². The quantitative estimate of drug-likeness (QED) is 0.641. The summed E-state index contributed by atoms with van der Waals surface area (Å²) in [5.41, 5.74) is 0. The highest BCUT2D eigenvalue weighted by molar-refractivity contribution is 5.84. The smallest absolute Gasteiger partial charge is 0.260 e. The molecule has 1 unspecified atom stereocenters. The summed E-state index contributed by atoms with van der Waals surface area (Å²) < 4.78 is 16.7. The third-order valence-corrected chi connectivity index (χ3v) is 4.90. The molecule has 1 aliphatic rings. The monoisotopic (exact) mass is 393 g/mol. The molecule has 2 aromatic carbocycles. The van der Waals surface area contributed by atoms with Gasteiger partial charge < -0.3 is 19.1 Å². The molecule has 0 radical (unpaired) electrons. The van der Waals surface area contributed by atoms with Gasteiger partial charge in [-0.2, -0.15) is 4.98 Å². The Kier molecular flexibility index (Phi) is 5.74. The van der Waals surface area contributed by atoms with Crippen LogP contribution in [0.25, 0.3) is 10.8 Å². The number of amides is 1. The lowest BCUT2D eigenvalue weighted by atomic mass is 10.1. The number of carbonyl (C=O) groups excluding carboxylic acids is 1. The van der Waals surface area contributed by atoms with Gasteiger partial charge in [-0.05, 0) is 35.7 Å². The first-order chi connectivity index (χ1) is 14.2. The maximum absolute atomic E-state index is 12.6. The van der Waals surface area contributed by atoms with E-state index in [9.17, 15) is 4.79 Å². The lowest BCUT2D eigenvalue weighted by molar-refractivity contribution is -0.136. The Morgan fingerprint density at radius 1 is 1.14 bits per heavy atom. The van der Waals surface area contributed by atoms with Crippen LogP contribution < -0.4 is 14.2 Å². The fraction of sp³-hybridized carbons (Fsp3) is 0.318. The molecule has 0 spiro atoms. The van der Waals surface area contributed by atoms with Crippen molar-refractivity contribution < 1.29 is 19.0 Å². The summed E-state index contributed by atoms with van der Waals surface area (Å²) in [5, 5.41) is 2.23. The Balaban J connectivity index is 1.33. The maximum Gasteiger partial charge on any atom is 0.260 e. The molecular weight excluding hydrogens is 370 g/mol. The van der Waals surface area contributed by atoms with Crippen LogP contribution in [0.2, 0.25) is 0 Å². The van der Waals surface area contributed by atoms with E-state index in [1.165, 1.54) is 13.3 Å². The van der Waals surface area contributed by atoms with E-state index in [0.29, 0.717) is 30.6 Å². The second-order valence-electron chi connectivity index (χ2n) is 6.92. The number of aromatic nitrogens is 2. The number of carbonyl (C=O) groups is 1. The predicted molar refractivity (Wildman–Crippen MR) is 108 cm³/mol. The van der Waals surface area contributed by atoms with Gasteiger partial charge in [-0.3, -0.25) is 9.78 Å². The number of rotatable bonds is 6. The molecule has 7 heteroatoms. The molecule has 0 saturated carbocycles. The zero-order valence-corrected chi connectivity index (χ0v) is 16.3. The predicted octanol–water partition coefficient (Wildman–Crippen LogP) is 3.09. The Hall–Kier alpha value is -3.35. The van der Waals surface area contributed by atoms with Crippen molar-refractivity contribution >= 4 is 16.7 Å². The first kappa shape index (κ1) is 19.0. The molecule has 7 nitrogen and oxygen atoms in total. The van der Waals surface area contributed by atoms with E-state index in [1.807, 2.05) is 42.5 Å². The number of benzene rings is 2. The van der Waals surface area contributed by atoms with Crippen LogP contribution in [-0.4, -0.2) is 53.7 Å². The van der Waals surface area contributed by atoms with Crippen LogP contribution in [0.5, 0.6) is 17.5 Å². The fourth-order valence-electron chi connectivity index (χ4n) is 3.41. The van der Waals surface area contributed by atoms with Crippen molar-refractivity contribution in [1.82, 2.24) is 14.9 Å². The molecule has 0 aliphatic carbocycles. The van der Waals surface area contributed by atoms with Gasteiger partial charge in [0, 0.05) is 6.54 Å². The van der Waals surface area contributed by atoms with E-state index in [1.54, 1.807) is 11.1 Å². The van der Waals surface area contributed by atoms with E-state index in [4.69, 9.17) is 14.2 Å². The van der Waals surface area contributed by atoms with Crippen molar-refractivity contribution in [2.75, 3.05) is 26.8 Å². The van der Waals surface area contributed by atoms with Gasteiger partial charge in [0.2, 0.25) is 11.8 Å². The van der Waals surface area contributed by atoms with Crippen molar-refractivity contribution in [1.29, 1.82) is 0 Å². The minimum Gasteiger partial charge on any atom is -0.484 e. The molecule has 0 N–H and O–H groups in total. The highest BCUT2D eigenvalue weighted by Crippen LogP contribution is 2.21. The number of fused-ring (bicyclic) bond motifs is 1. The van der Waals surface area contributed by atoms with Crippen LogP contribution in [0.1, 0.15) is 12.8 Å². The molecule has 3 aromatic rings. The zero-order valence-electron chi connectivity index (χ0n) is 16.3. The van der Waals surface area contributed by atoms with Gasteiger partial charge in [-0.25, -0.2) is 0 Å². The van der Waals surface area contributed by atoms with Gasteiger partial charge in [-0.1, -0.05) is 30.3 Å². The first-order valence-corrected chi connectivity index (χ1v) is 9.63. The summed E-state index contributed by atoms with van der Waals surface area (Å²) in [6.07, 6.45) is 4.66. The maximum atomic E-state index is 12.6. The van der Waals surface area contributed by atoms with Gasteiger partial charge >= 0.3 is 0 Å². The molecule has 1 atom stereocenters. The minimum absolute atomic E-state index is 0.00399. The summed E-state index contributed by atoms with van der Waals surface area (Å²) in [7, 11) is 1.53. The van der Waals surface area contributed by atoms with Gasteiger partial charge in [0.05, 0.1) is 26.0 Å². The Bertz CT molecular complexity index is 994. The van der Waals surface area contributed by atoms with Crippen LogP contribution in [0.15, 0.2) is 54.9 Å². The van der Waals surface area contributed by atoms with E-state index in [-0.39, 0.29) is 18.6 Å². The van der Waals surface area contributed by atoms with Gasteiger partial charge in [0.25, 0.3) is 5.91 Å². The third kappa shape index (κ3) is 4.74. The molecule has 1 aromatic heterocycles. The molecule has 1 aliphatic heterocycles. The topological polar surface area (TPSA) is 73.8 Å². The van der Waals surface area contributed by atoms with Crippen LogP contribution in [-0.2, 0) is 4.79 Å². The van der Waals surface area contributed by atoms with Crippen molar-refractivity contribution in [2.45, 2.75) is 18.9 Å². The van der Waals surface area contributed by atoms with E-state index in [2.05, 4.69) is 9.97 Å². The number of hydrogen-bond acceptors (Lipinski definition) is 6. The van der Waals surface area contributed by atoms with Gasteiger partial charge in [0.1, 0.15) is 11.9 Å². The Morgan fingerprint density at radius 2 is 1.97 bits per heavy atom. The first-order valence-electron chi connectivity index (χ1n) is 9.63. The van der Waals surface area contributed by atoms with E-state index >= 15 is 0 Å². The highest BCUT2D eigenvalue weighted by atomic mass is 16.5. The molecule has 150 valence electrons. The average Bonchev–Trinajstić information content (AvgIpc) is 2.77. The lowest BCUT2D eigenvalue weighted by Gasteiger charge is -2.32. The molecule has 2 heterocycles. The van der Waals surface area contributed by atoms with Crippen molar-refractivity contribution in [3.8, 4) is 17.5 Å². The number of likely N-dealkylation sites (tertiary alicyclic amines) is 1. The van der Waals surface area contributed by atoms with Crippen LogP contribution >= 0.6 is 0 Å². The zero-order chi connectivity index (χ0) is 20.1. The highest BCUT2D eigenvalue weighted by Gasteiger charge is 2.25. The van der Waals surface area contributed by atoms with Crippen molar-refractivity contribution in [3.63, 3.8) is 0 Å². The van der Waals surface area contributed by atoms with Crippen molar-refractivity contribution in [3.05, 3.63) is 54.9 Å². The summed E-state index contributed by atoms with van der Waals surface area (Å²) in [6.45, 7) is 1.20. The molecule has 1 fully saturated rings. The second kappa shape index (κ2) is 8.77. The normalized spacial score (nSPS) is 16.4. The number of methoxy groups -OCH3 is 1. The summed E-state index contributed by atoms with van der Waals surface area (Å²) in [5.74, 6) is 1.43. The number of piperidine rings is 1. The molecule has 29 heavy (non-hydrogen) atoms. The number of hydrogen-bond donors (Lipinski definition) is 0. The lowest BCUT2D eigenvalue weighted by Crippen LogP contribution is -2.46. The van der Waals surface area contributed by atoms with Crippen LogP contribution in [0, 0.1) is 0 Å². The van der Waals surface area contributed by atoms with E-state index < -0.39 is 0 Å². The average molecular weight is 393 g/mol. The summed E-state index contributed by atoms with van der Waals surface area (Å²) in [4.78, 5) is 22.7. The summed E-state index contributed by atoms with van der Waals surface area (Å²) >= 11 is 0. The number of ether oxygens (including phenoxy) is 3. The SMILES string of the molecule is COc1cncc(OC2CCCN(C(=O)COc3ccc4ccccc4c3)C2)n1. The molecule has 0 bridgehead atoms. The van der Waals surface area contributed by atoms with Crippen molar-refractivity contribution in [2.24, 2.45) is 0 Å². The molecule has 1 saturated heterocycles. The van der Waals surface area contributed by atoms with Crippen LogP contribution in [0.4, 0.5) is 0 Å². The standard InChI is InChI=1S/C22H23N3O4/c1-27-20-12-23-13-21(24-20)29-19-7-4-10-25(14-19)22(26)15-28-18-9-8-16-5-2-3-6-17(16)11-18/h2-3,5-6,8-9,11-13,19H,4,7,10,14-15H2,1H3. The largest absolute Gasteiger partial charge is 0.484 e. The number of nitrogens with zero attached hydrogens (tertiary/aromatic N) is 3. The second-order valence-corrected chi connectivity index (χ2v) is 6.92.